The number of hydrogen-bond acceptors (Lipinski definition) is 4. The molecule has 32 heavy (non-hydrogen) atoms. The Morgan fingerprint density at radius 1 is 1.22 bits per heavy atom. The molecular weight excluding hydrogens is 522 g/mol. The lowest BCUT2D eigenvalue weighted by Crippen LogP contribution is -2.13. The molecule has 0 saturated heterocycles. The van der Waals surface area contributed by atoms with Crippen molar-refractivity contribution in [2.45, 2.75) is 13.3 Å². The summed E-state index contributed by atoms with van der Waals surface area (Å²) in [4.78, 5) is 12.5. The maximum Gasteiger partial charge on any atom is 0.266 e. The molecule has 3 rings (SSSR count). The van der Waals surface area contributed by atoms with E-state index in [1.165, 1.54) is 30.3 Å². The molecule has 0 unspecified atom stereocenters. The van der Waals surface area contributed by atoms with Crippen LogP contribution in [0.4, 0.5) is 10.1 Å². The van der Waals surface area contributed by atoms with Gasteiger partial charge in [-0.05, 0) is 95.2 Å². The predicted octanol–water partition coefficient (Wildman–Crippen LogP) is 5.67. The van der Waals surface area contributed by atoms with E-state index in [1.54, 1.807) is 24.3 Å². The van der Waals surface area contributed by atoms with Crippen LogP contribution < -0.4 is 10.1 Å². The lowest BCUT2D eigenvalue weighted by Gasteiger charge is -2.14. The highest BCUT2D eigenvalue weighted by Gasteiger charge is 2.14. The number of anilines is 1. The van der Waals surface area contributed by atoms with Crippen LogP contribution >= 0.6 is 22.6 Å². The van der Waals surface area contributed by atoms with Gasteiger partial charge in [-0.2, -0.15) is 5.26 Å². The Morgan fingerprint density at radius 3 is 2.62 bits per heavy atom. The van der Waals surface area contributed by atoms with Gasteiger partial charge in [0.1, 0.15) is 29.0 Å². The standard InChI is InChI=1S/C25H20FIN2O3/c1-2-32-24-14-17(13-23(27)22(24)12-16-4-3-5-19(26)11-16)10-18(15-28)25(31)29-20-6-8-21(30)9-7-20/h3-11,13-14,30H,2,12H2,1H3,(H,29,31)/b18-10+. The van der Waals surface area contributed by atoms with Crippen LogP contribution in [0.2, 0.25) is 0 Å². The molecule has 162 valence electrons. The summed E-state index contributed by atoms with van der Waals surface area (Å²) in [6.45, 7) is 2.30. The quantitative estimate of drug-likeness (QED) is 0.175. The Labute approximate surface area is 199 Å². The number of benzene rings is 3. The van der Waals surface area contributed by atoms with E-state index in [0.717, 1.165) is 14.7 Å². The van der Waals surface area contributed by atoms with Gasteiger partial charge in [0.15, 0.2) is 0 Å². The summed E-state index contributed by atoms with van der Waals surface area (Å²) in [6.07, 6.45) is 1.98. The first kappa shape index (κ1) is 23.3. The van der Waals surface area contributed by atoms with E-state index in [9.17, 15) is 19.6 Å². The van der Waals surface area contributed by atoms with Crippen LogP contribution in [0.15, 0.2) is 66.2 Å². The average molecular weight is 542 g/mol. The van der Waals surface area contributed by atoms with Gasteiger partial charge in [0.05, 0.1) is 6.61 Å². The van der Waals surface area contributed by atoms with Crippen molar-refractivity contribution in [1.29, 1.82) is 5.26 Å². The molecule has 0 aliphatic heterocycles. The van der Waals surface area contributed by atoms with Crippen molar-refractivity contribution in [2.24, 2.45) is 0 Å². The largest absolute Gasteiger partial charge is 0.508 e. The Morgan fingerprint density at radius 2 is 1.97 bits per heavy atom. The molecule has 0 bridgehead atoms. The SMILES string of the molecule is CCOc1cc(/C=C(\C#N)C(=O)Nc2ccc(O)cc2)cc(I)c1Cc1cccc(F)c1. The van der Waals surface area contributed by atoms with E-state index in [4.69, 9.17) is 4.74 Å². The summed E-state index contributed by atoms with van der Waals surface area (Å²) in [5, 5.41) is 21.5. The van der Waals surface area contributed by atoms with Gasteiger partial charge in [0.2, 0.25) is 0 Å². The zero-order valence-corrected chi connectivity index (χ0v) is 19.4. The minimum atomic E-state index is -0.560. The number of rotatable bonds is 7. The highest BCUT2D eigenvalue weighted by Crippen LogP contribution is 2.30. The number of carbonyl (C=O) groups is 1. The van der Waals surface area contributed by atoms with Crippen LogP contribution in [0.1, 0.15) is 23.6 Å². The van der Waals surface area contributed by atoms with Gasteiger partial charge >= 0.3 is 0 Å². The second-order valence-corrected chi connectivity index (χ2v) is 8.05. The highest BCUT2D eigenvalue weighted by atomic mass is 127. The minimum Gasteiger partial charge on any atom is -0.508 e. The maximum absolute atomic E-state index is 13.6. The molecule has 3 aromatic carbocycles. The van der Waals surface area contributed by atoms with Crippen molar-refractivity contribution >= 4 is 40.3 Å². The molecular formula is C25H20FIN2O3. The number of nitriles is 1. The second kappa shape index (κ2) is 10.8. The molecule has 0 fully saturated rings. The number of hydrogen-bond donors (Lipinski definition) is 2. The number of carbonyl (C=O) groups excluding carboxylic acids is 1. The van der Waals surface area contributed by atoms with E-state index in [0.29, 0.717) is 30.0 Å². The average Bonchev–Trinajstić information content (AvgIpc) is 2.76. The molecule has 0 saturated carbocycles. The van der Waals surface area contributed by atoms with E-state index in [2.05, 4.69) is 27.9 Å². The summed E-state index contributed by atoms with van der Waals surface area (Å²) in [5.41, 5.74) is 2.75. The fraction of sp³-hybridized carbons (Fsp3) is 0.120. The van der Waals surface area contributed by atoms with Gasteiger partial charge in [0, 0.05) is 21.2 Å². The summed E-state index contributed by atoms with van der Waals surface area (Å²) >= 11 is 2.17. The predicted molar refractivity (Wildman–Crippen MR) is 130 cm³/mol. The number of aromatic hydroxyl groups is 1. The van der Waals surface area contributed by atoms with Crippen molar-refractivity contribution in [3.63, 3.8) is 0 Å². The third-order valence-electron chi connectivity index (χ3n) is 4.55. The van der Waals surface area contributed by atoms with Crippen LogP contribution in [0.5, 0.6) is 11.5 Å². The Balaban J connectivity index is 1.90. The van der Waals surface area contributed by atoms with Gasteiger partial charge in [-0.1, -0.05) is 12.1 Å². The molecule has 0 radical (unpaired) electrons. The topological polar surface area (TPSA) is 82.3 Å². The van der Waals surface area contributed by atoms with Gasteiger partial charge in [-0.15, -0.1) is 0 Å². The van der Waals surface area contributed by atoms with Crippen LogP contribution in [0, 0.1) is 20.7 Å². The van der Waals surface area contributed by atoms with E-state index in [-0.39, 0.29) is 17.1 Å². The molecule has 1 amide bonds. The van der Waals surface area contributed by atoms with E-state index < -0.39 is 5.91 Å². The first-order valence-corrected chi connectivity index (χ1v) is 10.9. The zero-order valence-electron chi connectivity index (χ0n) is 17.2. The molecule has 0 atom stereocenters. The smallest absolute Gasteiger partial charge is 0.266 e. The number of nitrogens with zero attached hydrogens (tertiary/aromatic N) is 1. The van der Waals surface area contributed by atoms with Gasteiger partial charge in [-0.3, -0.25) is 4.79 Å². The molecule has 5 nitrogen and oxygen atoms in total. The first-order chi connectivity index (χ1) is 15.4. The lowest BCUT2D eigenvalue weighted by atomic mass is 10.0. The molecule has 3 aromatic rings. The number of phenolic OH excluding ortho intramolecular Hbond substituents is 1. The van der Waals surface area contributed by atoms with Crippen LogP contribution in [-0.4, -0.2) is 17.6 Å². The summed E-state index contributed by atoms with van der Waals surface area (Å²) in [6, 6.07) is 17.9. The Bertz CT molecular complexity index is 1200. The van der Waals surface area contributed by atoms with Crippen molar-refractivity contribution < 1.29 is 19.0 Å². The monoisotopic (exact) mass is 542 g/mol. The van der Waals surface area contributed by atoms with Crippen molar-refractivity contribution in [2.75, 3.05) is 11.9 Å². The molecule has 0 aromatic heterocycles. The zero-order chi connectivity index (χ0) is 23.1. The number of nitrogens with one attached hydrogen (secondary N) is 1. The fourth-order valence-electron chi connectivity index (χ4n) is 3.08. The number of halogens is 2. The second-order valence-electron chi connectivity index (χ2n) is 6.89. The molecule has 0 spiro atoms. The number of phenols is 1. The van der Waals surface area contributed by atoms with Crippen molar-refractivity contribution in [1.82, 2.24) is 0 Å². The summed E-state index contributed by atoms with van der Waals surface area (Å²) < 4.78 is 20.3. The molecule has 0 aliphatic rings. The third kappa shape index (κ3) is 6.08. The van der Waals surface area contributed by atoms with Crippen LogP contribution in [-0.2, 0) is 11.2 Å². The summed E-state index contributed by atoms with van der Waals surface area (Å²) in [5.74, 6) is -0.162. The third-order valence-corrected chi connectivity index (χ3v) is 5.51. The number of amides is 1. The fourth-order valence-corrected chi connectivity index (χ4v) is 3.90. The Hall–Kier alpha value is -3.38. The minimum absolute atomic E-state index is 0.0748. The molecule has 0 heterocycles. The maximum atomic E-state index is 13.6. The molecule has 0 aliphatic carbocycles. The summed E-state index contributed by atoms with van der Waals surface area (Å²) in [7, 11) is 0. The van der Waals surface area contributed by atoms with Crippen LogP contribution in [0.25, 0.3) is 6.08 Å². The normalized spacial score (nSPS) is 11.0. The van der Waals surface area contributed by atoms with Gasteiger partial charge in [0.25, 0.3) is 5.91 Å². The molecule has 7 heteroatoms. The van der Waals surface area contributed by atoms with Crippen molar-refractivity contribution in [3.8, 4) is 17.6 Å². The Kier molecular flexibility index (Phi) is 7.84. The first-order valence-electron chi connectivity index (χ1n) is 9.81. The lowest BCUT2D eigenvalue weighted by molar-refractivity contribution is -0.112. The van der Waals surface area contributed by atoms with E-state index >= 15 is 0 Å². The van der Waals surface area contributed by atoms with Crippen molar-refractivity contribution in [3.05, 3.63) is 92.3 Å². The number of ether oxygens (including phenoxy) is 1. The van der Waals surface area contributed by atoms with Gasteiger partial charge in [-0.25, -0.2) is 4.39 Å². The van der Waals surface area contributed by atoms with E-state index in [1.807, 2.05) is 25.1 Å². The molecule has 2 N–H and O–H groups in total. The van der Waals surface area contributed by atoms with Crippen LogP contribution in [0.3, 0.4) is 0 Å². The van der Waals surface area contributed by atoms with Gasteiger partial charge < -0.3 is 15.2 Å². The highest BCUT2D eigenvalue weighted by molar-refractivity contribution is 14.1.